The van der Waals surface area contributed by atoms with Crippen molar-refractivity contribution in [1.29, 1.82) is 5.26 Å². The van der Waals surface area contributed by atoms with Gasteiger partial charge in [-0.05, 0) is 18.6 Å². The van der Waals surface area contributed by atoms with Gasteiger partial charge in [0.2, 0.25) is 0 Å². The summed E-state index contributed by atoms with van der Waals surface area (Å²) in [6.07, 6.45) is 0. The highest BCUT2D eigenvalue weighted by molar-refractivity contribution is 7.11. The maximum absolute atomic E-state index is 11.8. The zero-order valence-corrected chi connectivity index (χ0v) is 10.9. The van der Waals surface area contributed by atoms with Crippen molar-refractivity contribution in [1.82, 2.24) is 4.57 Å². The van der Waals surface area contributed by atoms with Crippen LogP contribution in [0.4, 0.5) is 0 Å². The Morgan fingerprint density at radius 3 is 2.74 bits per heavy atom. The second-order valence-corrected chi connectivity index (χ2v) is 4.90. The second-order valence-electron chi connectivity index (χ2n) is 3.94. The lowest BCUT2D eigenvalue weighted by atomic mass is 10.1. The standard InChI is InChI=1S/C13H10N2O3S/c1-8-11(12(16)17)19-13(18)15(8)7-10-5-3-2-4-9(10)6-14/h2-5H,7H2,1H3,(H,16,17). The Morgan fingerprint density at radius 1 is 1.47 bits per heavy atom. The number of carboxylic acid groups (broad SMARTS) is 1. The number of carbonyl (C=O) groups is 1. The van der Waals surface area contributed by atoms with Gasteiger partial charge in [-0.15, -0.1) is 0 Å². The first-order valence-corrected chi connectivity index (χ1v) is 6.27. The van der Waals surface area contributed by atoms with Crippen molar-refractivity contribution in [2.45, 2.75) is 13.5 Å². The van der Waals surface area contributed by atoms with Crippen molar-refractivity contribution in [3.63, 3.8) is 0 Å². The summed E-state index contributed by atoms with van der Waals surface area (Å²) in [5.74, 6) is -1.10. The largest absolute Gasteiger partial charge is 0.477 e. The van der Waals surface area contributed by atoms with Gasteiger partial charge in [0.1, 0.15) is 4.88 Å². The van der Waals surface area contributed by atoms with Crippen LogP contribution >= 0.6 is 11.3 Å². The zero-order valence-electron chi connectivity index (χ0n) is 10.1. The van der Waals surface area contributed by atoms with Crippen LogP contribution in [0.25, 0.3) is 0 Å². The smallest absolute Gasteiger partial charge is 0.347 e. The molecule has 2 aromatic rings. The van der Waals surface area contributed by atoms with Crippen LogP contribution in [0.15, 0.2) is 29.1 Å². The molecule has 1 aromatic carbocycles. The highest BCUT2D eigenvalue weighted by Gasteiger charge is 2.17. The quantitative estimate of drug-likeness (QED) is 0.925. The van der Waals surface area contributed by atoms with Gasteiger partial charge in [0.15, 0.2) is 0 Å². The van der Waals surface area contributed by atoms with E-state index in [9.17, 15) is 9.59 Å². The predicted octanol–water partition coefficient (Wildman–Crippen LogP) is 1.84. The van der Waals surface area contributed by atoms with E-state index in [4.69, 9.17) is 10.4 Å². The zero-order chi connectivity index (χ0) is 14.0. The number of thiazole rings is 1. The van der Waals surface area contributed by atoms with E-state index < -0.39 is 5.97 Å². The third-order valence-electron chi connectivity index (χ3n) is 2.80. The first-order valence-electron chi connectivity index (χ1n) is 5.46. The van der Waals surface area contributed by atoms with Gasteiger partial charge in [0.05, 0.1) is 18.2 Å². The van der Waals surface area contributed by atoms with E-state index in [0.717, 1.165) is 0 Å². The van der Waals surface area contributed by atoms with Crippen LogP contribution in [-0.2, 0) is 6.54 Å². The molecule has 5 nitrogen and oxygen atoms in total. The highest BCUT2D eigenvalue weighted by Crippen LogP contribution is 2.15. The lowest BCUT2D eigenvalue weighted by molar-refractivity contribution is 0.0700. The Balaban J connectivity index is 2.48. The Morgan fingerprint density at radius 2 is 2.16 bits per heavy atom. The Kier molecular flexibility index (Phi) is 3.49. The summed E-state index contributed by atoms with van der Waals surface area (Å²) in [7, 11) is 0. The maximum atomic E-state index is 11.8. The number of carboxylic acids is 1. The Hall–Kier alpha value is -2.39. The summed E-state index contributed by atoms with van der Waals surface area (Å²) in [5, 5.41) is 18.0. The van der Waals surface area contributed by atoms with E-state index >= 15 is 0 Å². The van der Waals surface area contributed by atoms with E-state index in [1.165, 1.54) is 4.57 Å². The number of nitrogens with zero attached hydrogens (tertiary/aromatic N) is 2. The van der Waals surface area contributed by atoms with E-state index in [0.29, 0.717) is 28.2 Å². The molecular weight excluding hydrogens is 264 g/mol. The first kappa shape index (κ1) is 13.1. The summed E-state index contributed by atoms with van der Waals surface area (Å²) >= 11 is 0.707. The van der Waals surface area contributed by atoms with E-state index in [1.54, 1.807) is 31.2 Å². The molecule has 0 saturated heterocycles. The maximum Gasteiger partial charge on any atom is 0.347 e. The molecule has 0 bridgehead atoms. The molecule has 0 aliphatic heterocycles. The van der Waals surface area contributed by atoms with Gasteiger partial charge in [-0.25, -0.2) is 4.79 Å². The molecule has 0 atom stereocenters. The number of hydrogen-bond acceptors (Lipinski definition) is 4. The van der Waals surface area contributed by atoms with Gasteiger partial charge in [-0.3, -0.25) is 9.36 Å². The van der Waals surface area contributed by atoms with Crippen LogP contribution in [0, 0.1) is 18.3 Å². The van der Waals surface area contributed by atoms with Crippen molar-refractivity contribution < 1.29 is 9.90 Å². The summed E-state index contributed by atoms with van der Waals surface area (Å²) in [6, 6.07) is 9.00. The monoisotopic (exact) mass is 274 g/mol. The minimum Gasteiger partial charge on any atom is -0.477 e. The van der Waals surface area contributed by atoms with Gasteiger partial charge in [-0.1, -0.05) is 29.5 Å². The normalized spacial score (nSPS) is 10.1. The second kappa shape index (κ2) is 5.08. The van der Waals surface area contributed by atoms with Gasteiger partial charge in [0, 0.05) is 5.69 Å². The number of nitriles is 1. The van der Waals surface area contributed by atoms with Crippen LogP contribution in [0.5, 0.6) is 0 Å². The lowest BCUT2D eigenvalue weighted by Gasteiger charge is -2.06. The van der Waals surface area contributed by atoms with Crippen molar-refractivity contribution in [2.75, 3.05) is 0 Å². The van der Waals surface area contributed by atoms with E-state index in [1.807, 2.05) is 0 Å². The SMILES string of the molecule is Cc1c(C(=O)O)sc(=O)n1Cc1ccccc1C#N. The molecule has 6 heteroatoms. The predicted molar refractivity (Wildman–Crippen MR) is 70.5 cm³/mol. The topological polar surface area (TPSA) is 83.1 Å². The molecule has 0 radical (unpaired) electrons. The Labute approximate surface area is 113 Å². The molecule has 0 unspecified atom stereocenters. The molecule has 2 rings (SSSR count). The number of rotatable bonds is 3. The molecule has 0 saturated carbocycles. The fourth-order valence-electron chi connectivity index (χ4n) is 1.79. The van der Waals surface area contributed by atoms with Gasteiger partial charge < -0.3 is 5.11 Å². The molecule has 0 fully saturated rings. The van der Waals surface area contributed by atoms with Crippen LogP contribution in [0.3, 0.4) is 0 Å². The summed E-state index contributed by atoms with van der Waals surface area (Å²) < 4.78 is 1.38. The summed E-state index contributed by atoms with van der Waals surface area (Å²) in [6.45, 7) is 1.80. The average molecular weight is 274 g/mol. The van der Waals surface area contributed by atoms with Crippen LogP contribution in [0.1, 0.15) is 26.5 Å². The number of aromatic nitrogens is 1. The fraction of sp³-hybridized carbons (Fsp3) is 0.154. The average Bonchev–Trinajstić information content (AvgIpc) is 2.67. The first-order chi connectivity index (χ1) is 9.04. The van der Waals surface area contributed by atoms with Gasteiger partial charge in [-0.2, -0.15) is 5.26 Å². The Bertz CT molecular complexity index is 737. The fourth-order valence-corrected chi connectivity index (χ4v) is 2.63. The molecule has 1 heterocycles. The van der Waals surface area contributed by atoms with Crippen molar-refractivity contribution in [2.24, 2.45) is 0 Å². The number of hydrogen-bond donors (Lipinski definition) is 1. The van der Waals surface area contributed by atoms with Gasteiger partial charge >= 0.3 is 10.8 Å². The molecule has 0 spiro atoms. The lowest BCUT2D eigenvalue weighted by Crippen LogP contribution is -2.16. The van der Waals surface area contributed by atoms with Crippen LogP contribution < -0.4 is 4.87 Å². The van der Waals surface area contributed by atoms with Crippen molar-refractivity contribution in [3.8, 4) is 6.07 Å². The highest BCUT2D eigenvalue weighted by atomic mass is 32.1. The number of aromatic carboxylic acids is 1. The van der Waals surface area contributed by atoms with Crippen molar-refractivity contribution >= 4 is 17.3 Å². The van der Waals surface area contributed by atoms with Crippen LogP contribution in [0.2, 0.25) is 0 Å². The van der Waals surface area contributed by atoms with E-state index in [-0.39, 0.29) is 16.3 Å². The molecule has 19 heavy (non-hydrogen) atoms. The molecular formula is C13H10N2O3S. The third kappa shape index (κ3) is 2.41. The molecule has 0 amide bonds. The van der Waals surface area contributed by atoms with E-state index in [2.05, 4.69) is 6.07 Å². The molecule has 1 aromatic heterocycles. The summed E-state index contributed by atoms with van der Waals surface area (Å²) in [5.41, 5.74) is 1.59. The number of benzene rings is 1. The molecule has 0 aliphatic carbocycles. The van der Waals surface area contributed by atoms with Crippen molar-refractivity contribution in [3.05, 3.63) is 55.6 Å². The van der Waals surface area contributed by atoms with Gasteiger partial charge in [0.25, 0.3) is 0 Å². The summed E-state index contributed by atoms with van der Waals surface area (Å²) in [4.78, 5) is 22.5. The third-order valence-corrected chi connectivity index (χ3v) is 3.87. The van der Waals surface area contributed by atoms with Crippen LogP contribution in [-0.4, -0.2) is 15.6 Å². The molecule has 0 aliphatic rings. The molecule has 1 N–H and O–H groups in total. The minimum atomic E-state index is -1.10. The minimum absolute atomic E-state index is 0.0411. The molecule has 96 valence electrons.